The number of rotatable bonds is 7. The molecule has 0 aromatic carbocycles. The van der Waals surface area contributed by atoms with Crippen molar-refractivity contribution in [2.45, 2.75) is 26.2 Å². The summed E-state index contributed by atoms with van der Waals surface area (Å²) in [5.41, 5.74) is 0. The van der Waals surface area contributed by atoms with E-state index < -0.39 is 6.09 Å². The van der Waals surface area contributed by atoms with Crippen LogP contribution >= 0.6 is 12.4 Å². The van der Waals surface area contributed by atoms with Gasteiger partial charge in [-0.25, -0.2) is 4.79 Å². The molecule has 1 amide bonds. The topological polar surface area (TPSA) is 52.6 Å². The summed E-state index contributed by atoms with van der Waals surface area (Å²) in [7, 11) is 1.87. The first-order valence-corrected chi connectivity index (χ1v) is 4.84. The van der Waals surface area contributed by atoms with Crippen LogP contribution in [0.3, 0.4) is 0 Å². The van der Waals surface area contributed by atoms with Crippen molar-refractivity contribution in [1.29, 1.82) is 0 Å². The molecule has 0 aliphatic rings. The monoisotopic (exact) mass is 224 g/mol. The number of amides is 1. The molecule has 2 N–H and O–H groups in total. The van der Waals surface area contributed by atoms with Crippen LogP contribution in [0.5, 0.6) is 0 Å². The second-order valence-corrected chi connectivity index (χ2v) is 3.08. The highest BCUT2D eigenvalue weighted by Gasteiger charge is 2.09. The maximum absolute atomic E-state index is 10.7. The van der Waals surface area contributed by atoms with Gasteiger partial charge >= 0.3 is 6.09 Å². The first-order chi connectivity index (χ1) is 6.22. The highest BCUT2D eigenvalue weighted by molar-refractivity contribution is 5.85. The Morgan fingerprint density at radius 2 is 1.93 bits per heavy atom. The Morgan fingerprint density at radius 1 is 1.36 bits per heavy atom. The molecule has 5 heteroatoms. The predicted octanol–water partition coefficient (Wildman–Crippen LogP) is 1.80. The van der Waals surface area contributed by atoms with E-state index in [4.69, 9.17) is 5.11 Å². The minimum atomic E-state index is -0.801. The molecule has 0 aromatic rings. The molecule has 0 saturated carbocycles. The molecule has 0 rings (SSSR count). The lowest BCUT2D eigenvalue weighted by Crippen LogP contribution is -2.32. The van der Waals surface area contributed by atoms with Crippen LogP contribution in [0.4, 0.5) is 4.79 Å². The molecule has 0 aromatic heterocycles. The van der Waals surface area contributed by atoms with Crippen molar-refractivity contribution in [3.63, 3.8) is 0 Å². The zero-order valence-electron chi connectivity index (χ0n) is 8.95. The smallest absolute Gasteiger partial charge is 0.407 e. The molecule has 4 nitrogen and oxygen atoms in total. The summed E-state index contributed by atoms with van der Waals surface area (Å²) in [4.78, 5) is 12.2. The molecule has 0 aliphatic heterocycles. The van der Waals surface area contributed by atoms with Crippen molar-refractivity contribution < 1.29 is 9.90 Å². The van der Waals surface area contributed by atoms with Gasteiger partial charge in [0.1, 0.15) is 0 Å². The Morgan fingerprint density at radius 3 is 2.36 bits per heavy atom. The van der Waals surface area contributed by atoms with Crippen LogP contribution in [0, 0.1) is 0 Å². The molecule has 86 valence electrons. The fourth-order valence-corrected chi connectivity index (χ4v) is 1.10. The van der Waals surface area contributed by atoms with Crippen LogP contribution in [0.25, 0.3) is 0 Å². The van der Waals surface area contributed by atoms with E-state index >= 15 is 0 Å². The Bertz CT molecular complexity index is 145. The number of carboxylic acid groups (broad SMARTS) is 1. The van der Waals surface area contributed by atoms with Gasteiger partial charge in [-0.1, -0.05) is 13.3 Å². The Hall–Kier alpha value is -0.480. The first kappa shape index (κ1) is 16.0. The lowest BCUT2D eigenvalue weighted by Gasteiger charge is -2.18. The van der Waals surface area contributed by atoms with E-state index in [2.05, 4.69) is 12.2 Å². The van der Waals surface area contributed by atoms with Crippen LogP contribution in [-0.2, 0) is 0 Å². The van der Waals surface area contributed by atoms with E-state index in [1.54, 1.807) is 0 Å². The summed E-state index contributed by atoms with van der Waals surface area (Å²) in [5, 5.41) is 11.8. The van der Waals surface area contributed by atoms with Gasteiger partial charge in [0.05, 0.1) is 0 Å². The van der Waals surface area contributed by atoms with E-state index in [0.29, 0.717) is 13.1 Å². The second kappa shape index (κ2) is 10.6. The maximum atomic E-state index is 10.7. The SMILES string of the molecule is CCCCN(CCCNC)C(=O)O.Cl. The highest BCUT2D eigenvalue weighted by atomic mass is 35.5. The number of carbonyl (C=O) groups is 1. The summed E-state index contributed by atoms with van der Waals surface area (Å²) in [6, 6.07) is 0. The fraction of sp³-hybridized carbons (Fsp3) is 0.889. The Labute approximate surface area is 92.1 Å². The minimum absolute atomic E-state index is 0. The van der Waals surface area contributed by atoms with Gasteiger partial charge in [-0.2, -0.15) is 0 Å². The van der Waals surface area contributed by atoms with Crippen molar-refractivity contribution in [2.75, 3.05) is 26.7 Å². The zero-order chi connectivity index (χ0) is 10.1. The van der Waals surface area contributed by atoms with Gasteiger partial charge in [0.2, 0.25) is 0 Å². The van der Waals surface area contributed by atoms with E-state index in [-0.39, 0.29) is 12.4 Å². The van der Waals surface area contributed by atoms with Crippen LogP contribution in [0.15, 0.2) is 0 Å². The third kappa shape index (κ3) is 8.13. The summed E-state index contributed by atoms with van der Waals surface area (Å²) < 4.78 is 0. The lowest BCUT2D eigenvalue weighted by atomic mass is 10.3. The van der Waals surface area contributed by atoms with Gasteiger partial charge in [-0.15, -0.1) is 12.4 Å². The summed E-state index contributed by atoms with van der Waals surface area (Å²) in [6.07, 6.45) is 2.07. The van der Waals surface area contributed by atoms with Crippen molar-refractivity contribution in [2.24, 2.45) is 0 Å². The van der Waals surface area contributed by atoms with Gasteiger partial charge in [0.25, 0.3) is 0 Å². The van der Waals surface area contributed by atoms with Crippen LogP contribution in [0.1, 0.15) is 26.2 Å². The number of nitrogens with zero attached hydrogens (tertiary/aromatic N) is 1. The van der Waals surface area contributed by atoms with Crippen molar-refractivity contribution in [1.82, 2.24) is 10.2 Å². The number of hydrogen-bond acceptors (Lipinski definition) is 2. The van der Waals surface area contributed by atoms with Crippen LogP contribution in [0.2, 0.25) is 0 Å². The molecule has 0 unspecified atom stereocenters. The second-order valence-electron chi connectivity index (χ2n) is 3.08. The highest BCUT2D eigenvalue weighted by Crippen LogP contribution is 1.97. The average molecular weight is 225 g/mol. The van der Waals surface area contributed by atoms with Crippen molar-refractivity contribution >= 4 is 18.5 Å². The molecule has 14 heavy (non-hydrogen) atoms. The predicted molar refractivity (Wildman–Crippen MR) is 60.3 cm³/mol. The zero-order valence-corrected chi connectivity index (χ0v) is 9.77. The first-order valence-electron chi connectivity index (χ1n) is 4.84. The molecule has 0 radical (unpaired) electrons. The number of hydrogen-bond donors (Lipinski definition) is 2. The molecule has 0 spiro atoms. The normalized spacial score (nSPS) is 9.29. The van der Waals surface area contributed by atoms with Gasteiger partial charge in [0.15, 0.2) is 0 Å². The summed E-state index contributed by atoms with van der Waals surface area (Å²) in [5.74, 6) is 0. The third-order valence-corrected chi connectivity index (χ3v) is 1.91. The van der Waals surface area contributed by atoms with E-state index in [1.807, 2.05) is 7.05 Å². The third-order valence-electron chi connectivity index (χ3n) is 1.91. The molecular weight excluding hydrogens is 204 g/mol. The molecular formula is C9H21ClN2O2. The molecule has 0 saturated heterocycles. The molecule has 0 fully saturated rings. The van der Waals surface area contributed by atoms with Gasteiger partial charge in [0, 0.05) is 13.1 Å². The van der Waals surface area contributed by atoms with Crippen molar-refractivity contribution in [3.8, 4) is 0 Å². The average Bonchev–Trinajstić information content (AvgIpc) is 2.10. The lowest BCUT2D eigenvalue weighted by molar-refractivity contribution is 0.144. The number of unbranched alkanes of at least 4 members (excludes halogenated alkanes) is 1. The van der Waals surface area contributed by atoms with Gasteiger partial charge < -0.3 is 15.3 Å². The van der Waals surface area contributed by atoms with Crippen LogP contribution < -0.4 is 5.32 Å². The van der Waals surface area contributed by atoms with E-state index in [9.17, 15) is 4.79 Å². The molecule has 0 bridgehead atoms. The number of nitrogens with one attached hydrogen (secondary N) is 1. The maximum Gasteiger partial charge on any atom is 0.407 e. The van der Waals surface area contributed by atoms with Gasteiger partial charge in [-0.05, 0) is 26.4 Å². The quantitative estimate of drug-likeness (QED) is 0.649. The van der Waals surface area contributed by atoms with E-state index in [0.717, 1.165) is 25.8 Å². The Balaban J connectivity index is 0. The number of halogens is 1. The largest absolute Gasteiger partial charge is 0.465 e. The van der Waals surface area contributed by atoms with Gasteiger partial charge in [-0.3, -0.25) is 0 Å². The Kier molecular flexibility index (Phi) is 12.1. The fourth-order valence-electron chi connectivity index (χ4n) is 1.10. The summed E-state index contributed by atoms with van der Waals surface area (Å²) >= 11 is 0. The minimum Gasteiger partial charge on any atom is -0.465 e. The van der Waals surface area contributed by atoms with Crippen molar-refractivity contribution in [3.05, 3.63) is 0 Å². The summed E-state index contributed by atoms with van der Waals surface area (Å²) in [6.45, 7) is 4.23. The van der Waals surface area contributed by atoms with E-state index in [1.165, 1.54) is 4.90 Å². The standard InChI is InChI=1S/C9H20N2O2.ClH/c1-3-4-7-11(9(12)13)8-5-6-10-2;/h10H,3-8H2,1-2H3,(H,12,13);1H. The molecule has 0 aliphatic carbocycles. The van der Waals surface area contributed by atoms with Crippen LogP contribution in [-0.4, -0.2) is 42.8 Å². The molecule has 0 heterocycles. The molecule has 0 atom stereocenters.